The molecule has 0 spiro atoms. The molecule has 2 aromatic rings. The van der Waals surface area contributed by atoms with Gasteiger partial charge < -0.3 is 15.2 Å². The van der Waals surface area contributed by atoms with E-state index in [0.717, 1.165) is 0 Å². The second-order valence-corrected chi connectivity index (χ2v) is 5.26. The zero-order valence-corrected chi connectivity index (χ0v) is 11.8. The van der Waals surface area contributed by atoms with Gasteiger partial charge in [-0.2, -0.15) is 0 Å². The van der Waals surface area contributed by atoms with Gasteiger partial charge in [0.1, 0.15) is 0 Å². The first kappa shape index (κ1) is 13.6. The van der Waals surface area contributed by atoms with Crippen LogP contribution in [0.15, 0.2) is 47.4 Å². The maximum Gasteiger partial charge on any atom is 0.250 e. The Morgan fingerprint density at radius 2 is 2.00 bits per heavy atom. The van der Waals surface area contributed by atoms with Crippen LogP contribution in [-0.2, 0) is 24.8 Å². The van der Waals surface area contributed by atoms with Crippen molar-refractivity contribution in [3.05, 3.63) is 64.1 Å². The summed E-state index contributed by atoms with van der Waals surface area (Å²) in [5.74, 6) is -0.0804. The van der Waals surface area contributed by atoms with Crippen molar-refractivity contribution in [3.63, 3.8) is 0 Å². The Labute approximate surface area is 122 Å². The Hall–Kier alpha value is -2.40. The molecule has 1 amide bonds. The summed E-state index contributed by atoms with van der Waals surface area (Å²) in [7, 11) is 1.66. The van der Waals surface area contributed by atoms with Gasteiger partial charge >= 0.3 is 0 Å². The third kappa shape index (κ3) is 2.87. The van der Waals surface area contributed by atoms with Gasteiger partial charge in [-0.15, -0.1) is 0 Å². The van der Waals surface area contributed by atoms with Crippen LogP contribution in [0.5, 0.6) is 0 Å². The number of anilines is 1. The van der Waals surface area contributed by atoms with Crippen LogP contribution in [-0.4, -0.2) is 16.5 Å². The van der Waals surface area contributed by atoms with E-state index in [2.05, 4.69) is 22.8 Å². The van der Waals surface area contributed by atoms with Gasteiger partial charge in [0.2, 0.25) is 11.5 Å². The van der Waals surface area contributed by atoms with E-state index in [4.69, 9.17) is 0 Å². The number of nitrogens with one attached hydrogen (secondary N) is 2. The van der Waals surface area contributed by atoms with Crippen molar-refractivity contribution in [2.24, 2.45) is 7.05 Å². The lowest BCUT2D eigenvalue weighted by Crippen LogP contribution is -2.44. The predicted molar refractivity (Wildman–Crippen MR) is 81.1 cm³/mol. The number of pyridine rings is 1. The molecule has 0 fully saturated rings. The minimum atomic E-state index is -0.253. The van der Waals surface area contributed by atoms with Gasteiger partial charge in [0, 0.05) is 25.9 Å². The minimum absolute atomic E-state index is 0.0804. The molecule has 0 saturated carbocycles. The number of hydrogen-bond donors (Lipinski definition) is 2. The Kier molecular flexibility index (Phi) is 3.58. The molecule has 1 aliphatic heterocycles. The van der Waals surface area contributed by atoms with Gasteiger partial charge in [0.05, 0.1) is 11.7 Å². The molecule has 1 atom stereocenters. The average Bonchev–Trinajstić information content (AvgIpc) is 2.50. The number of fused-ring (bicyclic) bond motifs is 1. The maximum absolute atomic E-state index is 12.3. The van der Waals surface area contributed by atoms with Gasteiger partial charge in [-0.3, -0.25) is 9.59 Å². The molecule has 0 radical (unpaired) electrons. The monoisotopic (exact) mass is 283 g/mol. The van der Waals surface area contributed by atoms with E-state index in [1.165, 1.54) is 21.8 Å². The summed E-state index contributed by atoms with van der Waals surface area (Å²) >= 11 is 0. The summed E-state index contributed by atoms with van der Waals surface area (Å²) in [4.78, 5) is 23.6. The molecule has 3 rings (SSSR count). The number of benzene rings is 1. The lowest BCUT2D eigenvalue weighted by molar-refractivity contribution is -0.118. The Bertz CT molecular complexity index is 736. The number of rotatable bonds is 2. The molecule has 5 heteroatoms. The highest BCUT2D eigenvalue weighted by atomic mass is 16.2. The largest absolute Gasteiger partial charge is 0.323 e. The fraction of sp³-hybridized carbons (Fsp3) is 0.250. The van der Waals surface area contributed by atoms with E-state index in [1.54, 1.807) is 19.3 Å². The molecule has 0 unspecified atom stereocenters. The smallest absolute Gasteiger partial charge is 0.250 e. The Balaban J connectivity index is 1.72. The van der Waals surface area contributed by atoms with Gasteiger partial charge in [0.15, 0.2) is 0 Å². The summed E-state index contributed by atoms with van der Waals surface area (Å²) in [6.07, 6.45) is 2.30. The predicted octanol–water partition coefficient (Wildman–Crippen LogP) is 1.04. The third-order valence-corrected chi connectivity index (χ3v) is 3.75. The van der Waals surface area contributed by atoms with E-state index >= 15 is 0 Å². The van der Waals surface area contributed by atoms with Crippen LogP contribution < -0.4 is 16.2 Å². The van der Waals surface area contributed by atoms with E-state index in [-0.39, 0.29) is 17.5 Å². The van der Waals surface area contributed by atoms with E-state index in [0.29, 0.717) is 18.7 Å². The lowest BCUT2D eigenvalue weighted by atomic mass is 9.95. The van der Waals surface area contributed by atoms with Crippen LogP contribution in [0.25, 0.3) is 0 Å². The van der Waals surface area contributed by atoms with Crippen molar-refractivity contribution >= 4 is 11.6 Å². The minimum Gasteiger partial charge on any atom is -0.323 e. The Morgan fingerprint density at radius 1 is 1.24 bits per heavy atom. The topological polar surface area (TPSA) is 63.1 Å². The molecule has 0 aliphatic carbocycles. The molecule has 0 bridgehead atoms. The first-order chi connectivity index (χ1) is 10.1. The van der Waals surface area contributed by atoms with E-state index in [1.807, 2.05) is 12.1 Å². The standard InChI is InChI=1S/C16H17N3O2/c1-19-10-13(6-7-15(19)20)18-16(21)14-8-11-4-2-3-5-12(11)9-17-14/h2-7,10,14,17H,8-9H2,1H3,(H,18,21)/t14-/m0/s1. The number of amides is 1. The van der Waals surface area contributed by atoms with Crippen molar-refractivity contribution in [2.45, 2.75) is 19.0 Å². The van der Waals surface area contributed by atoms with Gasteiger partial charge in [-0.1, -0.05) is 24.3 Å². The van der Waals surface area contributed by atoms with Crippen LogP contribution in [0.4, 0.5) is 5.69 Å². The number of hydrogen-bond acceptors (Lipinski definition) is 3. The van der Waals surface area contributed by atoms with Crippen LogP contribution >= 0.6 is 0 Å². The van der Waals surface area contributed by atoms with Crippen LogP contribution in [0.1, 0.15) is 11.1 Å². The zero-order valence-electron chi connectivity index (χ0n) is 11.8. The molecule has 108 valence electrons. The summed E-state index contributed by atoms with van der Waals surface area (Å²) in [5.41, 5.74) is 2.97. The number of aromatic nitrogens is 1. The summed E-state index contributed by atoms with van der Waals surface area (Å²) in [5, 5.41) is 6.09. The van der Waals surface area contributed by atoms with Crippen molar-refractivity contribution < 1.29 is 4.79 Å². The summed E-state index contributed by atoms with van der Waals surface area (Å²) in [6.45, 7) is 0.696. The first-order valence-electron chi connectivity index (χ1n) is 6.91. The van der Waals surface area contributed by atoms with Crippen molar-refractivity contribution in [1.82, 2.24) is 9.88 Å². The second-order valence-electron chi connectivity index (χ2n) is 5.26. The average molecular weight is 283 g/mol. The van der Waals surface area contributed by atoms with E-state index in [9.17, 15) is 9.59 Å². The highest BCUT2D eigenvalue weighted by Gasteiger charge is 2.23. The summed E-state index contributed by atoms with van der Waals surface area (Å²) < 4.78 is 1.44. The quantitative estimate of drug-likeness (QED) is 0.865. The molecule has 2 N–H and O–H groups in total. The highest BCUT2D eigenvalue weighted by molar-refractivity contribution is 5.95. The second kappa shape index (κ2) is 5.54. The molecule has 2 heterocycles. The Morgan fingerprint density at radius 3 is 2.76 bits per heavy atom. The molecule has 0 saturated heterocycles. The van der Waals surface area contributed by atoms with Crippen LogP contribution in [0, 0.1) is 0 Å². The molecular formula is C16H17N3O2. The molecule has 21 heavy (non-hydrogen) atoms. The molecule has 1 aromatic carbocycles. The SMILES string of the molecule is Cn1cc(NC(=O)[C@@H]2Cc3ccccc3CN2)ccc1=O. The maximum atomic E-state index is 12.3. The zero-order chi connectivity index (χ0) is 14.8. The molecule has 1 aromatic heterocycles. The van der Waals surface area contributed by atoms with Gasteiger partial charge in [-0.05, 0) is 23.6 Å². The van der Waals surface area contributed by atoms with Crippen LogP contribution in [0.2, 0.25) is 0 Å². The molecule has 1 aliphatic rings. The fourth-order valence-electron chi connectivity index (χ4n) is 2.54. The van der Waals surface area contributed by atoms with Crippen molar-refractivity contribution in [3.8, 4) is 0 Å². The highest BCUT2D eigenvalue weighted by Crippen LogP contribution is 2.17. The third-order valence-electron chi connectivity index (χ3n) is 3.75. The van der Waals surface area contributed by atoms with Gasteiger partial charge in [-0.25, -0.2) is 0 Å². The lowest BCUT2D eigenvalue weighted by Gasteiger charge is -2.25. The van der Waals surface area contributed by atoms with E-state index < -0.39 is 0 Å². The first-order valence-corrected chi connectivity index (χ1v) is 6.91. The normalized spacial score (nSPS) is 17.1. The molecule has 5 nitrogen and oxygen atoms in total. The number of aryl methyl sites for hydroxylation is 1. The van der Waals surface area contributed by atoms with Crippen molar-refractivity contribution in [2.75, 3.05) is 5.32 Å². The van der Waals surface area contributed by atoms with Crippen LogP contribution in [0.3, 0.4) is 0 Å². The number of nitrogens with zero attached hydrogens (tertiary/aromatic N) is 1. The number of carbonyl (C=O) groups excluding carboxylic acids is 1. The fourth-order valence-corrected chi connectivity index (χ4v) is 2.54. The van der Waals surface area contributed by atoms with Crippen molar-refractivity contribution in [1.29, 1.82) is 0 Å². The van der Waals surface area contributed by atoms with Gasteiger partial charge in [0.25, 0.3) is 0 Å². The number of carbonyl (C=O) groups is 1. The summed E-state index contributed by atoms with van der Waals surface area (Å²) in [6, 6.07) is 10.9. The molecular weight excluding hydrogens is 266 g/mol.